The van der Waals surface area contributed by atoms with E-state index in [9.17, 15) is 10.5 Å². The van der Waals surface area contributed by atoms with E-state index in [4.69, 9.17) is 19.7 Å². The number of benzene rings is 8. The van der Waals surface area contributed by atoms with Crippen LogP contribution in [0.1, 0.15) is 33.4 Å². The lowest BCUT2D eigenvalue weighted by atomic mass is 9.65. The predicted octanol–water partition coefficient (Wildman–Crippen LogP) is 12.2. The number of nitriles is 2. The van der Waals surface area contributed by atoms with Crippen molar-refractivity contribution in [1.82, 2.24) is 19.5 Å². The monoisotopic (exact) mass is 778 g/mol. The van der Waals surface area contributed by atoms with Crippen molar-refractivity contribution in [3.63, 3.8) is 0 Å². The van der Waals surface area contributed by atoms with Crippen molar-refractivity contribution in [2.75, 3.05) is 0 Å². The van der Waals surface area contributed by atoms with Gasteiger partial charge in [0, 0.05) is 38.6 Å². The average molecular weight is 779 g/mol. The summed E-state index contributed by atoms with van der Waals surface area (Å²) in [5, 5.41) is 24.2. The number of hydrogen-bond donors (Lipinski definition) is 0. The number of rotatable bonds is 4. The molecule has 0 amide bonds. The highest BCUT2D eigenvalue weighted by molar-refractivity contribution is 6.15. The van der Waals surface area contributed by atoms with Crippen molar-refractivity contribution in [3.8, 4) is 74.6 Å². The lowest BCUT2D eigenvalue weighted by molar-refractivity contribution is 0.437. The third kappa shape index (κ3) is 4.86. The van der Waals surface area contributed by atoms with Gasteiger partial charge in [-0.1, -0.05) is 146 Å². The van der Waals surface area contributed by atoms with Gasteiger partial charge in [0.05, 0.1) is 33.3 Å². The third-order valence-electron chi connectivity index (χ3n) is 12.2. The van der Waals surface area contributed by atoms with Crippen LogP contribution < -0.4 is 4.74 Å². The highest BCUT2D eigenvalue weighted by atomic mass is 16.5. The minimum atomic E-state index is -0.725. The number of aromatic nitrogens is 4. The van der Waals surface area contributed by atoms with Crippen LogP contribution in [0.2, 0.25) is 0 Å². The average Bonchev–Trinajstić information content (AvgIpc) is 3.82. The smallest absolute Gasteiger partial charge is 0.164 e. The second-order valence-electron chi connectivity index (χ2n) is 15.3. The Hall–Kier alpha value is -8.65. The van der Waals surface area contributed by atoms with E-state index in [1.165, 1.54) is 5.56 Å². The summed E-state index contributed by atoms with van der Waals surface area (Å²) in [5.41, 5.74) is 11.1. The van der Waals surface area contributed by atoms with Gasteiger partial charge in [-0.3, -0.25) is 0 Å². The molecule has 2 aliphatic rings. The maximum atomic E-state index is 11.1. The molecule has 0 atom stereocenters. The van der Waals surface area contributed by atoms with E-state index in [2.05, 4.69) is 108 Å². The van der Waals surface area contributed by atoms with E-state index in [0.717, 1.165) is 72.2 Å². The fraction of sp³-hybridized carbons (Fsp3) is 0.0185. The van der Waals surface area contributed by atoms with E-state index in [1.54, 1.807) is 12.1 Å². The van der Waals surface area contributed by atoms with Crippen molar-refractivity contribution >= 4 is 21.8 Å². The molecule has 0 fully saturated rings. The summed E-state index contributed by atoms with van der Waals surface area (Å²) < 4.78 is 8.75. The Kier molecular flexibility index (Phi) is 7.44. The minimum absolute atomic E-state index is 0.319. The molecular formula is C54H30N6O. The predicted molar refractivity (Wildman–Crippen MR) is 237 cm³/mol. The molecule has 0 N–H and O–H groups in total. The molecule has 1 aliphatic heterocycles. The fourth-order valence-corrected chi connectivity index (χ4v) is 9.76. The molecule has 0 saturated carbocycles. The summed E-state index contributed by atoms with van der Waals surface area (Å²) in [7, 11) is 0. The number of nitrogens with zero attached hydrogens (tertiary/aromatic N) is 6. The molecule has 7 heteroatoms. The van der Waals surface area contributed by atoms with Gasteiger partial charge in [-0.25, -0.2) is 15.0 Å². The standard InChI is InChI=1S/C54H30N6O/c55-31-36-29-35(53-58-51(33-15-3-1-4-16-33)57-52(59-53)34-17-5-2-6-18-34)30-37(32-56)50(36)60-44-24-12-8-20-40(44)48-45(60)28-27-39-38-19-7-9-21-41(38)54(49(39)48)42-22-10-13-25-46(42)61-47-26-14-11-23-43(47)54/h1-30H. The molecule has 1 spiro atoms. The van der Waals surface area contributed by atoms with Crippen LogP contribution in [0.4, 0.5) is 0 Å². The molecular weight excluding hydrogens is 749 g/mol. The number of para-hydroxylation sites is 3. The van der Waals surface area contributed by atoms with Gasteiger partial charge in [0.25, 0.3) is 0 Å². The Morgan fingerprint density at radius 1 is 0.459 bits per heavy atom. The van der Waals surface area contributed by atoms with Crippen LogP contribution >= 0.6 is 0 Å². The van der Waals surface area contributed by atoms with Crippen molar-refractivity contribution in [1.29, 1.82) is 10.5 Å². The first kappa shape index (κ1) is 34.4. The molecule has 3 heterocycles. The highest BCUT2D eigenvalue weighted by Gasteiger charge is 2.52. The van der Waals surface area contributed by atoms with Crippen LogP contribution in [-0.4, -0.2) is 19.5 Å². The Labute approximate surface area is 350 Å². The van der Waals surface area contributed by atoms with Crippen LogP contribution in [0.5, 0.6) is 11.5 Å². The topological polar surface area (TPSA) is 100 Å². The van der Waals surface area contributed by atoms with E-state index >= 15 is 0 Å². The van der Waals surface area contributed by atoms with E-state index in [-0.39, 0.29) is 0 Å². The SMILES string of the molecule is N#Cc1cc(-c2nc(-c3ccccc3)nc(-c3ccccc3)n2)cc(C#N)c1-n1c2ccccc2c2c3c(ccc21)-c1ccccc1C31c2ccccc2Oc2ccccc21. The van der Waals surface area contributed by atoms with Crippen LogP contribution in [-0.2, 0) is 5.41 Å². The van der Waals surface area contributed by atoms with Gasteiger partial charge in [-0.15, -0.1) is 0 Å². The second-order valence-corrected chi connectivity index (χ2v) is 15.3. The molecule has 0 radical (unpaired) electrons. The molecule has 10 aromatic rings. The van der Waals surface area contributed by atoms with Gasteiger partial charge in [0.1, 0.15) is 23.6 Å². The molecule has 0 saturated heterocycles. The lowest BCUT2D eigenvalue weighted by Crippen LogP contribution is -2.32. The van der Waals surface area contributed by atoms with Crippen molar-refractivity contribution < 1.29 is 4.74 Å². The summed E-state index contributed by atoms with van der Waals surface area (Å²) in [4.78, 5) is 14.7. The van der Waals surface area contributed by atoms with Crippen LogP contribution in [0, 0.1) is 22.7 Å². The third-order valence-corrected chi connectivity index (χ3v) is 12.2. The second kappa shape index (κ2) is 13.2. The first-order valence-corrected chi connectivity index (χ1v) is 20.1. The molecule has 7 nitrogen and oxygen atoms in total. The Bertz CT molecular complexity index is 3400. The number of ether oxygens (including phenoxy) is 1. The Balaban J connectivity index is 1.15. The maximum absolute atomic E-state index is 11.1. The van der Waals surface area contributed by atoms with Gasteiger partial charge in [0.2, 0.25) is 0 Å². The zero-order chi connectivity index (χ0) is 40.7. The molecule has 2 aromatic heterocycles. The van der Waals surface area contributed by atoms with Crippen molar-refractivity contribution in [3.05, 3.63) is 215 Å². The molecule has 0 unspecified atom stereocenters. The molecule has 61 heavy (non-hydrogen) atoms. The van der Waals surface area contributed by atoms with Gasteiger partial charge < -0.3 is 9.30 Å². The summed E-state index contributed by atoms with van der Waals surface area (Å²) in [6, 6.07) is 66.0. The quantitative estimate of drug-likeness (QED) is 0.176. The van der Waals surface area contributed by atoms with E-state index < -0.39 is 5.41 Å². The van der Waals surface area contributed by atoms with Gasteiger partial charge in [-0.05, 0) is 58.7 Å². The Morgan fingerprint density at radius 2 is 0.967 bits per heavy atom. The molecule has 0 bridgehead atoms. The first-order chi connectivity index (χ1) is 30.2. The first-order valence-electron chi connectivity index (χ1n) is 20.1. The van der Waals surface area contributed by atoms with Crippen LogP contribution in [0.25, 0.3) is 72.8 Å². The fourth-order valence-electron chi connectivity index (χ4n) is 9.76. The molecule has 8 aromatic carbocycles. The highest BCUT2D eigenvalue weighted by Crippen LogP contribution is 2.64. The normalized spacial score (nSPS) is 12.8. The maximum Gasteiger partial charge on any atom is 0.164 e. The summed E-state index contributed by atoms with van der Waals surface area (Å²) in [6.45, 7) is 0. The van der Waals surface area contributed by atoms with E-state index in [0.29, 0.717) is 39.9 Å². The van der Waals surface area contributed by atoms with Crippen LogP contribution in [0.3, 0.4) is 0 Å². The van der Waals surface area contributed by atoms with Crippen molar-refractivity contribution in [2.45, 2.75) is 5.41 Å². The summed E-state index contributed by atoms with van der Waals surface area (Å²) >= 11 is 0. The zero-order valence-corrected chi connectivity index (χ0v) is 32.4. The number of fused-ring (bicyclic) bond motifs is 13. The largest absolute Gasteiger partial charge is 0.457 e. The molecule has 282 valence electrons. The minimum Gasteiger partial charge on any atom is -0.457 e. The van der Waals surface area contributed by atoms with Gasteiger partial charge >= 0.3 is 0 Å². The van der Waals surface area contributed by atoms with Gasteiger partial charge in [0.15, 0.2) is 17.5 Å². The molecule has 1 aliphatic carbocycles. The molecule has 12 rings (SSSR count). The van der Waals surface area contributed by atoms with E-state index in [1.807, 2.05) is 78.9 Å². The Morgan fingerprint density at radius 3 is 1.57 bits per heavy atom. The zero-order valence-electron chi connectivity index (χ0n) is 32.4. The van der Waals surface area contributed by atoms with Crippen molar-refractivity contribution in [2.24, 2.45) is 0 Å². The number of hydrogen-bond acceptors (Lipinski definition) is 6. The summed E-state index contributed by atoms with van der Waals surface area (Å²) in [6.07, 6.45) is 0. The van der Waals surface area contributed by atoms with Gasteiger partial charge in [-0.2, -0.15) is 10.5 Å². The van der Waals surface area contributed by atoms with Crippen LogP contribution in [0.15, 0.2) is 182 Å². The lowest BCUT2D eigenvalue weighted by Gasteiger charge is -2.39. The summed E-state index contributed by atoms with van der Waals surface area (Å²) in [5.74, 6) is 2.97.